The van der Waals surface area contributed by atoms with E-state index in [9.17, 15) is 5.11 Å². The van der Waals surface area contributed by atoms with E-state index in [-0.39, 0.29) is 0 Å². The van der Waals surface area contributed by atoms with Gasteiger partial charge in [-0.3, -0.25) is 4.98 Å². The van der Waals surface area contributed by atoms with Crippen LogP contribution in [0.2, 0.25) is 0 Å². The van der Waals surface area contributed by atoms with E-state index in [1.165, 1.54) is 0 Å². The fourth-order valence-electron chi connectivity index (χ4n) is 0.879. The lowest BCUT2D eigenvalue weighted by atomic mass is 10.1. The average molecular weight is 181 g/mol. The van der Waals surface area contributed by atoms with Crippen LogP contribution in [0, 0.1) is 0 Å². The number of hydrogen-bond acceptors (Lipinski definition) is 4. The summed E-state index contributed by atoms with van der Waals surface area (Å²) in [6.45, 7) is 3.93. The minimum absolute atomic E-state index is 0.460. The quantitative estimate of drug-likeness (QED) is 0.646. The standard InChI is InChI=1S/C9H15N3O/c1-9(2,13)6-12-8-3-4-11-5-7(8)10/h3-5,13H,6,10H2,1-2H3,(H,11,12). The molecule has 4 nitrogen and oxygen atoms in total. The van der Waals surface area contributed by atoms with Crippen molar-refractivity contribution in [1.29, 1.82) is 0 Å². The van der Waals surface area contributed by atoms with E-state index in [0.717, 1.165) is 5.69 Å². The number of rotatable bonds is 3. The second-order valence-corrected chi connectivity index (χ2v) is 3.63. The zero-order valence-electron chi connectivity index (χ0n) is 7.91. The molecule has 0 atom stereocenters. The predicted octanol–water partition coefficient (Wildman–Crippen LogP) is 0.847. The lowest BCUT2D eigenvalue weighted by Gasteiger charge is -2.19. The van der Waals surface area contributed by atoms with Crippen LogP contribution in [0.1, 0.15) is 13.8 Å². The number of hydrogen-bond donors (Lipinski definition) is 3. The van der Waals surface area contributed by atoms with Gasteiger partial charge in [0.2, 0.25) is 0 Å². The van der Waals surface area contributed by atoms with Gasteiger partial charge in [0.05, 0.1) is 23.2 Å². The second kappa shape index (κ2) is 3.62. The highest BCUT2D eigenvalue weighted by Gasteiger charge is 2.11. The van der Waals surface area contributed by atoms with Crippen molar-refractivity contribution in [2.24, 2.45) is 0 Å². The van der Waals surface area contributed by atoms with Gasteiger partial charge in [-0.25, -0.2) is 0 Å². The van der Waals surface area contributed by atoms with E-state index >= 15 is 0 Å². The Kier molecular flexibility index (Phi) is 2.72. The third-order valence-electron chi connectivity index (χ3n) is 1.56. The highest BCUT2D eigenvalue weighted by atomic mass is 16.3. The van der Waals surface area contributed by atoms with Gasteiger partial charge < -0.3 is 16.2 Å². The lowest BCUT2D eigenvalue weighted by Crippen LogP contribution is -2.29. The summed E-state index contributed by atoms with van der Waals surface area (Å²) < 4.78 is 0. The largest absolute Gasteiger partial charge is 0.396 e. The van der Waals surface area contributed by atoms with Crippen LogP contribution in [-0.4, -0.2) is 22.2 Å². The first kappa shape index (κ1) is 9.80. The number of anilines is 2. The topological polar surface area (TPSA) is 71.2 Å². The van der Waals surface area contributed by atoms with Crippen molar-refractivity contribution in [2.75, 3.05) is 17.6 Å². The molecule has 0 spiro atoms. The first-order chi connectivity index (χ1) is 5.99. The molecule has 0 saturated heterocycles. The van der Waals surface area contributed by atoms with Crippen LogP contribution in [0.5, 0.6) is 0 Å². The molecular weight excluding hydrogens is 166 g/mol. The third kappa shape index (κ3) is 3.29. The van der Waals surface area contributed by atoms with Crippen LogP contribution in [0.25, 0.3) is 0 Å². The van der Waals surface area contributed by atoms with Crippen LogP contribution >= 0.6 is 0 Å². The van der Waals surface area contributed by atoms with Crippen LogP contribution in [0.4, 0.5) is 11.4 Å². The van der Waals surface area contributed by atoms with Gasteiger partial charge in [0.1, 0.15) is 0 Å². The molecule has 4 N–H and O–H groups in total. The molecule has 4 heteroatoms. The fourth-order valence-corrected chi connectivity index (χ4v) is 0.879. The van der Waals surface area contributed by atoms with Crippen molar-refractivity contribution in [2.45, 2.75) is 19.4 Å². The maximum absolute atomic E-state index is 9.45. The molecule has 1 aromatic rings. The smallest absolute Gasteiger partial charge is 0.0763 e. The highest BCUT2D eigenvalue weighted by molar-refractivity contribution is 5.64. The van der Waals surface area contributed by atoms with E-state index < -0.39 is 5.60 Å². The van der Waals surface area contributed by atoms with Crippen molar-refractivity contribution in [1.82, 2.24) is 4.98 Å². The maximum Gasteiger partial charge on any atom is 0.0763 e. The number of pyridine rings is 1. The summed E-state index contributed by atoms with van der Waals surface area (Å²) >= 11 is 0. The van der Waals surface area contributed by atoms with Gasteiger partial charge >= 0.3 is 0 Å². The first-order valence-corrected chi connectivity index (χ1v) is 4.15. The Morgan fingerprint density at radius 1 is 1.62 bits per heavy atom. The SMILES string of the molecule is CC(C)(O)CNc1ccncc1N. The Morgan fingerprint density at radius 3 is 2.85 bits per heavy atom. The molecule has 0 amide bonds. The normalized spacial score (nSPS) is 11.3. The number of nitrogen functional groups attached to an aromatic ring is 1. The van der Waals surface area contributed by atoms with Crippen molar-refractivity contribution in [3.63, 3.8) is 0 Å². The van der Waals surface area contributed by atoms with E-state index in [0.29, 0.717) is 12.2 Å². The van der Waals surface area contributed by atoms with Crippen LogP contribution in [-0.2, 0) is 0 Å². The van der Waals surface area contributed by atoms with E-state index in [2.05, 4.69) is 10.3 Å². The number of aromatic nitrogens is 1. The predicted molar refractivity (Wildman–Crippen MR) is 53.4 cm³/mol. The molecule has 0 unspecified atom stereocenters. The van der Waals surface area contributed by atoms with Crippen molar-refractivity contribution < 1.29 is 5.11 Å². The van der Waals surface area contributed by atoms with Gasteiger partial charge in [-0.1, -0.05) is 0 Å². The molecule has 0 bridgehead atoms. The van der Waals surface area contributed by atoms with Crippen LogP contribution < -0.4 is 11.1 Å². The van der Waals surface area contributed by atoms with Gasteiger partial charge in [-0.2, -0.15) is 0 Å². The van der Waals surface area contributed by atoms with Crippen molar-refractivity contribution in [3.05, 3.63) is 18.5 Å². The summed E-state index contributed by atoms with van der Waals surface area (Å²) in [6, 6.07) is 1.78. The summed E-state index contributed by atoms with van der Waals surface area (Å²) in [6.07, 6.45) is 3.23. The van der Waals surface area contributed by atoms with Gasteiger partial charge in [-0.05, 0) is 19.9 Å². The molecule has 1 aromatic heterocycles. The van der Waals surface area contributed by atoms with Gasteiger partial charge in [0.15, 0.2) is 0 Å². The highest BCUT2D eigenvalue weighted by Crippen LogP contribution is 2.16. The molecule has 1 rings (SSSR count). The summed E-state index contributed by atoms with van der Waals surface area (Å²) in [5.74, 6) is 0. The summed E-state index contributed by atoms with van der Waals surface area (Å²) in [5.41, 5.74) is 6.30. The summed E-state index contributed by atoms with van der Waals surface area (Å²) in [4.78, 5) is 3.86. The molecule has 0 aliphatic rings. The molecule has 0 aromatic carbocycles. The Bertz CT molecular complexity index is 280. The third-order valence-corrected chi connectivity index (χ3v) is 1.56. The minimum atomic E-state index is -0.740. The molecule has 0 aliphatic carbocycles. The van der Waals surface area contributed by atoms with E-state index in [1.807, 2.05) is 0 Å². The monoisotopic (exact) mass is 181 g/mol. The van der Waals surface area contributed by atoms with Gasteiger partial charge in [0, 0.05) is 12.7 Å². The molecule has 0 fully saturated rings. The Balaban J connectivity index is 2.60. The zero-order valence-corrected chi connectivity index (χ0v) is 7.91. The molecule has 1 heterocycles. The fraction of sp³-hybridized carbons (Fsp3) is 0.444. The van der Waals surface area contributed by atoms with Crippen LogP contribution in [0.3, 0.4) is 0 Å². The Morgan fingerprint density at radius 2 is 2.31 bits per heavy atom. The zero-order chi connectivity index (χ0) is 9.90. The molecule has 0 saturated carbocycles. The van der Waals surface area contributed by atoms with Crippen molar-refractivity contribution in [3.8, 4) is 0 Å². The van der Waals surface area contributed by atoms with E-state index in [1.54, 1.807) is 32.3 Å². The summed E-state index contributed by atoms with van der Waals surface area (Å²) in [7, 11) is 0. The van der Waals surface area contributed by atoms with E-state index in [4.69, 9.17) is 5.73 Å². The number of aliphatic hydroxyl groups is 1. The number of nitrogens with one attached hydrogen (secondary N) is 1. The summed E-state index contributed by atoms with van der Waals surface area (Å²) in [5, 5.41) is 12.5. The Labute approximate surface area is 77.8 Å². The molecular formula is C9H15N3O. The molecule has 0 radical (unpaired) electrons. The molecule has 0 aliphatic heterocycles. The maximum atomic E-state index is 9.45. The van der Waals surface area contributed by atoms with Gasteiger partial charge in [0.25, 0.3) is 0 Å². The number of nitrogens with two attached hydrogens (primary N) is 1. The van der Waals surface area contributed by atoms with Crippen LogP contribution in [0.15, 0.2) is 18.5 Å². The number of nitrogens with zero attached hydrogens (tertiary/aromatic N) is 1. The lowest BCUT2D eigenvalue weighted by molar-refractivity contribution is 0.0945. The Hall–Kier alpha value is -1.29. The average Bonchev–Trinajstić information content (AvgIpc) is 2.01. The van der Waals surface area contributed by atoms with Gasteiger partial charge in [-0.15, -0.1) is 0 Å². The molecule has 72 valence electrons. The minimum Gasteiger partial charge on any atom is -0.396 e. The first-order valence-electron chi connectivity index (χ1n) is 4.15. The molecule has 13 heavy (non-hydrogen) atoms. The second-order valence-electron chi connectivity index (χ2n) is 3.63. The van der Waals surface area contributed by atoms with Crippen molar-refractivity contribution >= 4 is 11.4 Å².